The van der Waals surface area contributed by atoms with Gasteiger partial charge in [-0.3, -0.25) is 4.57 Å². The highest BCUT2D eigenvalue weighted by molar-refractivity contribution is 7.99. The summed E-state index contributed by atoms with van der Waals surface area (Å²) in [6, 6.07) is 6.19. The molecule has 45 heavy (non-hydrogen) atoms. The number of carbonyl (C=O) groups is 4. The average Bonchev–Trinajstić information content (AvgIpc) is 3.51. The molecule has 1 aromatic carbocycles. The third-order valence-electron chi connectivity index (χ3n) is 6.12. The monoisotopic (exact) mass is 650 g/mol. The Balaban J connectivity index is 1.57. The van der Waals surface area contributed by atoms with E-state index in [1.165, 1.54) is 16.7 Å². The largest absolute Gasteiger partial charge is 0.491 e. The Kier molecular flexibility index (Phi) is 10.6. The number of amides is 3. The Morgan fingerprint density at radius 2 is 1.71 bits per heavy atom. The van der Waals surface area contributed by atoms with Crippen LogP contribution >= 0.6 is 11.8 Å². The Morgan fingerprint density at radius 3 is 2.36 bits per heavy atom. The van der Waals surface area contributed by atoms with Gasteiger partial charge in [-0.2, -0.15) is 0 Å². The van der Waals surface area contributed by atoms with Crippen LogP contribution in [0.5, 0.6) is 5.75 Å². The maximum absolute atomic E-state index is 11.9. The highest BCUT2D eigenvalue weighted by Gasteiger charge is 2.52. The number of thioether (sulfide) groups is 1. The molecule has 20 heteroatoms. The summed E-state index contributed by atoms with van der Waals surface area (Å²) in [5.41, 5.74) is 22.2. The fourth-order valence-electron chi connectivity index (χ4n) is 4.30. The summed E-state index contributed by atoms with van der Waals surface area (Å²) < 4.78 is 33.2. The van der Waals surface area contributed by atoms with Gasteiger partial charge < -0.3 is 56.5 Å². The molecule has 0 saturated carbocycles. The smallest absolute Gasteiger partial charge is 0.405 e. The third-order valence-corrected chi connectivity index (χ3v) is 7.22. The zero-order valence-electron chi connectivity index (χ0n) is 23.6. The average molecular weight is 651 g/mol. The molecule has 2 aromatic heterocycles. The van der Waals surface area contributed by atoms with Crippen molar-refractivity contribution in [2.45, 2.75) is 42.7 Å². The van der Waals surface area contributed by atoms with E-state index in [0.717, 1.165) is 18.1 Å². The van der Waals surface area contributed by atoms with E-state index >= 15 is 0 Å². The summed E-state index contributed by atoms with van der Waals surface area (Å²) >= 11 is 1.03. The second kappa shape index (κ2) is 14.6. The molecule has 0 spiro atoms. The molecule has 3 aromatic rings. The summed E-state index contributed by atoms with van der Waals surface area (Å²) in [5, 5.41) is 10.8. The number of aromatic nitrogens is 4. The molecule has 5 atom stereocenters. The Morgan fingerprint density at radius 1 is 1.02 bits per heavy atom. The first-order valence-corrected chi connectivity index (χ1v) is 14.2. The van der Waals surface area contributed by atoms with Gasteiger partial charge in [0, 0.05) is 5.75 Å². The molecule has 1 aliphatic heterocycles. The van der Waals surface area contributed by atoms with Gasteiger partial charge in [-0.05, 0) is 31.2 Å². The van der Waals surface area contributed by atoms with E-state index in [9.17, 15) is 24.3 Å². The van der Waals surface area contributed by atoms with E-state index in [-0.39, 0.29) is 41.1 Å². The lowest BCUT2D eigenvalue weighted by atomic mass is 10.1. The summed E-state index contributed by atoms with van der Waals surface area (Å²) in [6.07, 6.45) is -8.97. The van der Waals surface area contributed by atoms with Gasteiger partial charge in [-0.25, -0.2) is 34.1 Å². The number of nitrogens with two attached hydrogens (primary N) is 4. The number of imidazole rings is 1. The topological polar surface area (TPSA) is 292 Å². The van der Waals surface area contributed by atoms with Crippen molar-refractivity contribution in [3.63, 3.8) is 0 Å². The summed E-state index contributed by atoms with van der Waals surface area (Å²) in [5.74, 6) is -0.0543. The van der Waals surface area contributed by atoms with Gasteiger partial charge in [0.1, 0.15) is 31.4 Å². The van der Waals surface area contributed by atoms with Crippen molar-refractivity contribution in [1.82, 2.24) is 19.5 Å². The van der Waals surface area contributed by atoms with Crippen molar-refractivity contribution >= 4 is 53.0 Å². The van der Waals surface area contributed by atoms with Crippen LogP contribution in [0, 0.1) is 0 Å². The SMILES string of the molecule is CCOC(=O)c1ccc(OCC(O)CSc2nc3c(N)ncnc3n2[C@@H]2O[C@H](COC(N)=O)[C@@H](OC(N)=O)[C@H]2OC(N)=O)cc1. The van der Waals surface area contributed by atoms with E-state index in [0.29, 0.717) is 11.3 Å². The van der Waals surface area contributed by atoms with E-state index in [2.05, 4.69) is 15.0 Å². The third kappa shape index (κ3) is 8.10. The highest BCUT2D eigenvalue weighted by atomic mass is 32.2. The molecule has 0 radical (unpaired) electrons. The van der Waals surface area contributed by atoms with Crippen molar-refractivity contribution in [1.29, 1.82) is 0 Å². The molecule has 3 amide bonds. The van der Waals surface area contributed by atoms with Gasteiger partial charge >= 0.3 is 24.2 Å². The number of aliphatic hydroxyl groups is 1. The Hall–Kier alpha value is -5.08. The number of benzene rings is 1. The number of nitrogens with zero attached hydrogens (tertiary/aromatic N) is 4. The molecule has 4 rings (SSSR count). The number of primary amides is 3. The van der Waals surface area contributed by atoms with E-state index < -0.39 is 61.5 Å². The first-order valence-electron chi connectivity index (χ1n) is 13.2. The molecule has 3 heterocycles. The van der Waals surface area contributed by atoms with Crippen LogP contribution in [-0.4, -0.2) is 98.9 Å². The second-order valence-electron chi connectivity index (χ2n) is 9.21. The number of esters is 1. The summed E-state index contributed by atoms with van der Waals surface area (Å²) in [7, 11) is 0. The minimum Gasteiger partial charge on any atom is -0.491 e. The highest BCUT2D eigenvalue weighted by Crippen LogP contribution is 2.39. The zero-order chi connectivity index (χ0) is 32.7. The van der Waals surface area contributed by atoms with Crippen molar-refractivity contribution in [3.8, 4) is 5.75 Å². The normalized spacial score (nSPS) is 19.9. The molecule has 9 N–H and O–H groups in total. The lowest BCUT2D eigenvalue weighted by molar-refractivity contribution is -0.0575. The van der Waals surface area contributed by atoms with Gasteiger partial charge in [0.25, 0.3) is 0 Å². The van der Waals surface area contributed by atoms with Crippen molar-refractivity contribution in [2.75, 3.05) is 31.3 Å². The van der Waals surface area contributed by atoms with Gasteiger partial charge in [0.05, 0.1) is 18.3 Å². The number of fused-ring (bicyclic) bond motifs is 1. The van der Waals surface area contributed by atoms with Gasteiger partial charge in [0.2, 0.25) is 0 Å². The first-order chi connectivity index (χ1) is 21.5. The fraction of sp³-hybridized carbons (Fsp3) is 0.400. The molecule has 1 aliphatic rings. The van der Waals surface area contributed by atoms with E-state index in [1.54, 1.807) is 19.1 Å². The summed E-state index contributed by atoms with van der Waals surface area (Å²) in [6.45, 7) is 1.28. The standard InChI is InChI=1S/C25H30N8O11S/c1-2-39-21(35)11-3-5-13(6-4-11)40-7-12(34)9-45-25-32-15-18(26)30-10-31-19(15)33(25)20-17(44-24(29)38)16(43-23(28)37)14(42-20)8-41-22(27)36/h3-6,10,12,14,16-17,20,34H,2,7-9H2,1H3,(H2,27,36)(H2,28,37)(H2,29,38)(H2,26,30,31)/t12?,14-,16-,17-,20-/m1/s1. The molecule has 242 valence electrons. The molecule has 19 nitrogen and oxygen atoms in total. The van der Waals surface area contributed by atoms with Crippen molar-refractivity contribution < 1.29 is 52.7 Å². The van der Waals surface area contributed by atoms with Crippen LogP contribution in [0.25, 0.3) is 11.2 Å². The van der Waals surface area contributed by atoms with Crippen molar-refractivity contribution in [2.24, 2.45) is 17.2 Å². The molecular weight excluding hydrogens is 620 g/mol. The Bertz CT molecular complexity index is 1540. The van der Waals surface area contributed by atoms with Gasteiger partial charge in [-0.1, -0.05) is 11.8 Å². The van der Waals surface area contributed by atoms with E-state index in [4.69, 9.17) is 51.4 Å². The number of rotatable bonds is 13. The van der Waals surface area contributed by atoms with Gasteiger partial charge in [0.15, 0.2) is 40.6 Å². The summed E-state index contributed by atoms with van der Waals surface area (Å²) in [4.78, 5) is 59.4. The molecule has 0 aliphatic carbocycles. The quantitative estimate of drug-likeness (QED) is 0.0926. The predicted octanol–water partition coefficient (Wildman–Crippen LogP) is 0.0377. The van der Waals surface area contributed by atoms with Crippen molar-refractivity contribution in [3.05, 3.63) is 36.2 Å². The van der Waals surface area contributed by atoms with Crippen LogP contribution in [0.4, 0.5) is 20.2 Å². The lowest BCUT2D eigenvalue weighted by Crippen LogP contribution is -2.43. The van der Waals surface area contributed by atoms with Crippen LogP contribution in [0.2, 0.25) is 0 Å². The number of carbonyl (C=O) groups excluding carboxylic acids is 4. The predicted molar refractivity (Wildman–Crippen MR) is 153 cm³/mol. The number of hydrogen-bond donors (Lipinski definition) is 5. The maximum atomic E-state index is 11.9. The zero-order valence-corrected chi connectivity index (χ0v) is 24.5. The molecule has 1 unspecified atom stereocenters. The number of ether oxygens (including phenoxy) is 6. The molecule has 1 fully saturated rings. The first kappa shape index (κ1) is 32.8. The van der Waals surface area contributed by atoms with E-state index in [1.807, 2.05) is 0 Å². The second-order valence-corrected chi connectivity index (χ2v) is 10.2. The maximum Gasteiger partial charge on any atom is 0.405 e. The molecule has 1 saturated heterocycles. The van der Waals surface area contributed by atoms with Crippen LogP contribution in [0.3, 0.4) is 0 Å². The number of anilines is 1. The number of nitrogen functional groups attached to an aromatic ring is 1. The molecular formula is C25H30N8O11S. The number of hydrogen-bond acceptors (Lipinski definition) is 16. The molecule has 0 bridgehead atoms. The van der Waals surface area contributed by atoms with Crippen LogP contribution in [0.1, 0.15) is 23.5 Å². The minimum absolute atomic E-state index is 0.000314. The minimum atomic E-state index is -1.45. The lowest BCUT2D eigenvalue weighted by Gasteiger charge is -2.24. The fourth-order valence-corrected chi connectivity index (χ4v) is 5.22. The van der Waals surface area contributed by atoms with Crippen LogP contribution in [0.15, 0.2) is 35.7 Å². The van der Waals surface area contributed by atoms with Crippen LogP contribution in [-0.2, 0) is 23.7 Å². The number of aliphatic hydroxyl groups excluding tert-OH is 1. The van der Waals surface area contributed by atoms with Gasteiger partial charge in [-0.15, -0.1) is 0 Å². The Labute approximate surface area is 258 Å². The van der Waals surface area contributed by atoms with Crippen LogP contribution < -0.4 is 27.7 Å².